The summed E-state index contributed by atoms with van der Waals surface area (Å²) in [6.07, 6.45) is 0. The topological polar surface area (TPSA) is 65.8 Å². The highest BCUT2D eigenvalue weighted by molar-refractivity contribution is 8.01. The number of nitriles is 1. The normalized spacial score (nSPS) is 12.0. The third-order valence-corrected chi connectivity index (χ3v) is 4.35. The molecule has 0 unspecified atom stereocenters. The van der Waals surface area contributed by atoms with Gasteiger partial charge in [0.2, 0.25) is 5.91 Å². The molecule has 0 aliphatic heterocycles. The Balaban J connectivity index is 1.94. The summed E-state index contributed by atoms with van der Waals surface area (Å²) in [5.74, 6) is 0.138. The van der Waals surface area contributed by atoms with Crippen molar-refractivity contribution in [1.82, 2.24) is 10.3 Å². The molecule has 2 rings (SSSR count). The Morgan fingerprint density at radius 1 is 1.61 bits per heavy atom. The van der Waals surface area contributed by atoms with E-state index in [0.717, 1.165) is 14.6 Å². The van der Waals surface area contributed by atoms with Crippen LogP contribution in [0.5, 0.6) is 0 Å². The van der Waals surface area contributed by atoms with Gasteiger partial charge in [-0.05, 0) is 19.1 Å². The summed E-state index contributed by atoms with van der Waals surface area (Å²) in [6, 6.07) is 9.38. The summed E-state index contributed by atoms with van der Waals surface area (Å²) in [6.45, 7) is 1.65. The second kappa shape index (κ2) is 5.85. The molecular weight excluding hydrogens is 266 g/mol. The minimum Gasteiger partial charge on any atom is -0.340 e. The van der Waals surface area contributed by atoms with Crippen LogP contribution in [0.25, 0.3) is 10.2 Å². The van der Waals surface area contributed by atoms with E-state index in [1.807, 2.05) is 30.3 Å². The maximum absolute atomic E-state index is 11.5. The molecule has 0 aliphatic carbocycles. The number of aromatic nitrogens is 1. The fourth-order valence-electron chi connectivity index (χ4n) is 1.36. The van der Waals surface area contributed by atoms with Gasteiger partial charge in [-0.3, -0.25) is 4.79 Å². The Morgan fingerprint density at radius 2 is 2.39 bits per heavy atom. The summed E-state index contributed by atoms with van der Waals surface area (Å²) in [5, 5.41) is 11.2. The van der Waals surface area contributed by atoms with E-state index in [-0.39, 0.29) is 11.7 Å². The molecule has 0 aliphatic rings. The first-order valence-electron chi connectivity index (χ1n) is 5.36. The van der Waals surface area contributed by atoms with E-state index in [1.54, 1.807) is 18.3 Å². The van der Waals surface area contributed by atoms with Gasteiger partial charge in [0.25, 0.3) is 0 Å². The first kappa shape index (κ1) is 12.9. The summed E-state index contributed by atoms with van der Waals surface area (Å²) < 4.78 is 1.99. The van der Waals surface area contributed by atoms with Crippen LogP contribution in [0.2, 0.25) is 0 Å². The number of thioether (sulfide) groups is 1. The molecule has 1 aromatic carbocycles. The molecule has 2 aromatic rings. The van der Waals surface area contributed by atoms with Crippen LogP contribution in [0.3, 0.4) is 0 Å². The van der Waals surface area contributed by atoms with Gasteiger partial charge < -0.3 is 5.32 Å². The third-order valence-electron chi connectivity index (χ3n) is 2.17. The second-order valence-corrected chi connectivity index (χ2v) is 5.91. The molecule has 1 atom stereocenters. The van der Waals surface area contributed by atoms with Crippen LogP contribution in [0.4, 0.5) is 0 Å². The number of nitrogens with one attached hydrogen (secondary N) is 1. The van der Waals surface area contributed by atoms with E-state index >= 15 is 0 Å². The van der Waals surface area contributed by atoms with E-state index in [1.165, 1.54) is 11.8 Å². The largest absolute Gasteiger partial charge is 0.340 e. The molecule has 0 saturated carbocycles. The van der Waals surface area contributed by atoms with Gasteiger partial charge in [0.05, 0.1) is 22.0 Å². The number of benzene rings is 1. The number of thiazole rings is 1. The predicted octanol–water partition coefficient (Wildman–Crippen LogP) is 2.42. The standard InChI is InChI=1S/C12H11N3OS2/c1-8(6-13)14-11(16)7-17-12-15-9-4-2-3-5-10(9)18-12/h2-5,8H,7H2,1H3,(H,14,16)/t8-/m0/s1. The van der Waals surface area contributed by atoms with Gasteiger partial charge in [-0.15, -0.1) is 11.3 Å². The number of hydrogen-bond acceptors (Lipinski definition) is 5. The van der Waals surface area contributed by atoms with E-state index in [4.69, 9.17) is 5.26 Å². The Labute approximate surface area is 113 Å². The van der Waals surface area contributed by atoms with Gasteiger partial charge in [-0.2, -0.15) is 5.26 Å². The van der Waals surface area contributed by atoms with E-state index in [0.29, 0.717) is 0 Å². The zero-order valence-corrected chi connectivity index (χ0v) is 11.3. The van der Waals surface area contributed by atoms with Crippen LogP contribution in [0, 0.1) is 11.3 Å². The Kier molecular flexibility index (Phi) is 4.18. The first-order valence-corrected chi connectivity index (χ1v) is 7.16. The van der Waals surface area contributed by atoms with E-state index in [9.17, 15) is 4.79 Å². The molecule has 0 bridgehead atoms. The lowest BCUT2D eigenvalue weighted by molar-refractivity contribution is -0.118. The van der Waals surface area contributed by atoms with Gasteiger partial charge in [0, 0.05) is 0 Å². The molecule has 0 radical (unpaired) electrons. The van der Waals surface area contributed by atoms with Crippen molar-refractivity contribution in [3.05, 3.63) is 24.3 Å². The van der Waals surface area contributed by atoms with Crippen LogP contribution in [-0.2, 0) is 4.79 Å². The lowest BCUT2D eigenvalue weighted by Crippen LogP contribution is -2.32. The van der Waals surface area contributed by atoms with Gasteiger partial charge in [0.15, 0.2) is 4.34 Å². The molecule has 1 amide bonds. The van der Waals surface area contributed by atoms with Gasteiger partial charge in [-0.1, -0.05) is 23.9 Å². The monoisotopic (exact) mass is 277 g/mol. The SMILES string of the molecule is C[C@@H](C#N)NC(=O)CSc1nc2ccccc2s1. The minimum atomic E-state index is -0.450. The van der Waals surface area contributed by atoms with Crippen LogP contribution in [0.15, 0.2) is 28.6 Å². The van der Waals surface area contributed by atoms with Gasteiger partial charge >= 0.3 is 0 Å². The van der Waals surface area contributed by atoms with Crippen LogP contribution in [-0.4, -0.2) is 22.7 Å². The van der Waals surface area contributed by atoms with Crippen molar-refractivity contribution in [3.8, 4) is 6.07 Å². The maximum Gasteiger partial charge on any atom is 0.231 e. The van der Waals surface area contributed by atoms with Crippen molar-refractivity contribution in [3.63, 3.8) is 0 Å². The summed E-state index contributed by atoms with van der Waals surface area (Å²) >= 11 is 2.96. The number of fused-ring (bicyclic) bond motifs is 1. The van der Waals surface area contributed by atoms with Crippen molar-refractivity contribution in [2.45, 2.75) is 17.3 Å². The third kappa shape index (κ3) is 3.22. The Bertz CT molecular complexity index is 570. The number of para-hydroxylation sites is 1. The molecular formula is C12H11N3OS2. The zero-order chi connectivity index (χ0) is 13.0. The molecule has 4 nitrogen and oxygen atoms in total. The summed E-state index contributed by atoms with van der Waals surface area (Å²) in [5.41, 5.74) is 0.954. The smallest absolute Gasteiger partial charge is 0.231 e. The zero-order valence-electron chi connectivity index (χ0n) is 9.71. The molecule has 92 valence electrons. The lowest BCUT2D eigenvalue weighted by Gasteiger charge is -2.04. The van der Waals surface area contributed by atoms with E-state index in [2.05, 4.69) is 10.3 Å². The predicted molar refractivity (Wildman–Crippen MR) is 73.6 cm³/mol. The molecule has 6 heteroatoms. The number of amides is 1. The number of carbonyl (C=O) groups excluding carboxylic acids is 1. The fourth-order valence-corrected chi connectivity index (χ4v) is 3.24. The maximum atomic E-state index is 11.5. The number of hydrogen-bond donors (Lipinski definition) is 1. The highest BCUT2D eigenvalue weighted by Crippen LogP contribution is 2.28. The summed E-state index contributed by atoms with van der Waals surface area (Å²) in [7, 11) is 0. The molecule has 1 aromatic heterocycles. The van der Waals surface area contributed by atoms with Gasteiger partial charge in [-0.25, -0.2) is 4.98 Å². The van der Waals surface area contributed by atoms with Crippen LogP contribution < -0.4 is 5.32 Å². The van der Waals surface area contributed by atoms with Crippen molar-refractivity contribution < 1.29 is 4.79 Å². The van der Waals surface area contributed by atoms with Crippen LogP contribution >= 0.6 is 23.1 Å². The molecule has 0 saturated heterocycles. The quantitative estimate of drug-likeness (QED) is 0.872. The molecule has 0 spiro atoms. The second-order valence-electron chi connectivity index (χ2n) is 3.65. The molecule has 1 N–H and O–H groups in total. The Hall–Kier alpha value is -1.58. The van der Waals surface area contributed by atoms with Crippen molar-refractivity contribution in [1.29, 1.82) is 5.26 Å². The average molecular weight is 277 g/mol. The highest BCUT2D eigenvalue weighted by atomic mass is 32.2. The molecule has 1 heterocycles. The van der Waals surface area contributed by atoms with Crippen LogP contribution in [0.1, 0.15) is 6.92 Å². The number of rotatable bonds is 4. The van der Waals surface area contributed by atoms with Gasteiger partial charge in [0.1, 0.15) is 6.04 Å². The number of nitrogens with zero attached hydrogens (tertiary/aromatic N) is 2. The van der Waals surface area contributed by atoms with Crippen molar-refractivity contribution in [2.75, 3.05) is 5.75 Å². The van der Waals surface area contributed by atoms with Crippen molar-refractivity contribution in [2.24, 2.45) is 0 Å². The first-order chi connectivity index (χ1) is 8.69. The molecule has 0 fully saturated rings. The molecule has 18 heavy (non-hydrogen) atoms. The van der Waals surface area contributed by atoms with Crippen molar-refractivity contribution >= 4 is 39.2 Å². The average Bonchev–Trinajstić information content (AvgIpc) is 2.79. The summed E-state index contributed by atoms with van der Waals surface area (Å²) in [4.78, 5) is 15.9. The highest BCUT2D eigenvalue weighted by Gasteiger charge is 2.09. The fraction of sp³-hybridized carbons (Fsp3) is 0.250. The van der Waals surface area contributed by atoms with E-state index < -0.39 is 6.04 Å². The Morgan fingerprint density at radius 3 is 3.11 bits per heavy atom. The lowest BCUT2D eigenvalue weighted by atomic mass is 10.3. The number of carbonyl (C=O) groups is 1. The minimum absolute atomic E-state index is 0.145.